The molecule has 0 saturated heterocycles. The largest absolute Gasteiger partial charge is 0.388 e. The van der Waals surface area contributed by atoms with Gasteiger partial charge in [0.15, 0.2) is 0 Å². The van der Waals surface area contributed by atoms with E-state index in [1.807, 2.05) is 26.0 Å². The van der Waals surface area contributed by atoms with E-state index in [1.165, 1.54) is 0 Å². The van der Waals surface area contributed by atoms with E-state index in [4.69, 9.17) is 0 Å². The molecule has 3 nitrogen and oxygen atoms in total. The van der Waals surface area contributed by atoms with Crippen molar-refractivity contribution in [2.45, 2.75) is 32.3 Å². The fraction of sp³-hybridized carbons (Fsp3) is 0.462. The molecule has 2 N–H and O–H groups in total. The van der Waals surface area contributed by atoms with Crippen LogP contribution in [-0.2, 0) is 0 Å². The first-order valence-electron chi connectivity index (χ1n) is 5.87. The van der Waals surface area contributed by atoms with Gasteiger partial charge >= 0.3 is 0 Å². The van der Waals surface area contributed by atoms with Gasteiger partial charge < -0.3 is 10.4 Å². The summed E-state index contributed by atoms with van der Waals surface area (Å²) in [4.78, 5) is 12.0. The molecule has 0 spiro atoms. The summed E-state index contributed by atoms with van der Waals surface area (Å²) < 4.78 is 1.76. The van der Waals surface area contributed by atoms with Crippen LogP contribution in [0.15, 0.2) is 22.7 Å². The quantitative estimate of drug-likeness (QED) is 0.711. The first kappa shape index (κ1) is 15.9. The number of aliphatic hydroxyl groups is 1. The van der Waals surface area contributed by atoms with Crippen molar-refractivity contribution in [2.75, 3.05) is 6.54 Å². The minimum atomic E-state index is -0.812. The molecule has 0 saturated carbocycles. The summed E-state index contributed by atoms with van der Waals surface area (Å²) in [5, 5.41) is 12.9. The van der Waals surface area contributed by atoms with Gasteiger partial charge in [0.05, 0.1) is 11.2 Å². The number of hydrogen-bond donors (Lipinski definition) is 2. The lowest BCUT2D eigenvalue weighted by Gasteiger charge is -2.25. The third-order valence-electron chi connectivity index (χ3n) is 3.07. The standard InChI is InChI=1S/C13H17BrINO2/c1-3-13(18,4-2)8-16-12(17)10-7-9(14)5-6-11(10)15/h5-7,18H,3-4,8H2,1-2H3,(H,16,17). The molecule has 0 aliphatic heterocycles. The van der Waals surface area contributed by atoms with Crippen molar-refractivity contribution in [3.05, 3.63) is 31.8 Å². The summed E-state index contributed by atoms with van der Waals surface area (Å²) in [7, 11) is 0. The van der Waals surface area contributed by atoms with Crippen molar-refractivity contribution in [3.8, 4) is 0 Å². The van der Waals surface area contributed by atoms with Gasteiger partial charge in [0.1, 0.15) is 0 Å². The van der Waals surface area contributed by atoms with Gasteiger partial charge in [0, 0.05) is 14.6 Å². The summed E-state index contributed by atoms with van der Waals surface area (Å²) in [5.41, 5.74) is -0.188. The Morgan fingerprint density at radius 3 is 2.61 bits per heavy atom. The number of halogens is 2. The van der Waals surface area contributed by atoms with E-state index in [9.17, 15) is 9.90 Å². The highest BCUT2D eigenvalue weighted by Gasteiger charge is 2.23. The lowest BCUT2D eigenvalue weighted by Crippen LogP contribution is -2.42. The molecule has 0 aliphatic rings. The number of rotatable bonds is 5. The summed E-state index contributed by atoms with van der Waals surface area (Å²) >= 11 is 5.48. The second-order valence-corrected chi connectivity index (χ2v) is 6.32. The fourth-order valence-corrected chi connectivity index (χ4v) is 2.45. The van der Waals surface area contributed by atoms with Gasteiger partial charge in [-0.05, 0) is 53.6 Å². The lowest BCUT2D eigenvalue weighted by molar-refractivity contribution is 0.0314. The molecule has 0 aromatic heterocycles. The second kappa shape index (κ2) is 6.86. The van der Waals surface area contributed by atoms with Crippen molar-refractivity contribution in [2.24, 2.45) is 0 Å². The van der Waals surface area contributed by atoms with Crippen molar-refractivity contribution in [3.63, 3.8) is 0 Å². The molecular weight excluding hydrogens is 409 g/mol. The Labute approximate surface area is 130 Å². The number of nitrogens with one attached hydrogen (secondary N) is 1. The van der Waals surface area contributed by atoms with Crippen LogP contribution in [0.1, 0.15) is 37.0 Å². The van der Waals surface area contributed by atoms with Crippen LogP contribution >= 0.6 is 38.5 Å². The zero-order valence-corrected chi connectivity index (χ0v) is 14.2. The number of carbonyl (C=O) groups is 1. The SMILES string of the molecule is CCC(O)(CC)CNC(=O)c1cc(Br)ccc1I. The first-order valence-corrected chi connectivity index (χ1v) is 7.74. The van der Waals surface area contributed by atoms with Crippen molar-refractivity contribution >= 4 is 44.4 Å². The van der Waals surface area contributed by atoms with Crippen LogP contribution in [0, 0.1) is 3.57 Å². The minimum Gasteiger partial charge on any atom is -0.388 e. The molecule has 0 unspecified atom stereocenters. The number of carbonyl (C=O) groups excluding carboxylic acids is 1. The number of amides is 1. The first-order chi connectivity index (χ1) is 8.41. The maximum Gasteiger partial charge on any atom is 0.252 e. The van der Waals surface area contributed by atoms with Crippen LogP contribution in [0.4, 0.5) is 0 Å². The Morgan fingerprint density at radius 2 is 2.06 bits per heavy atom. The Bertz CT molecular complexity index is 433. The molecule has 0 fully saturated rings. The van der Waals surface area contributed by atoms with E-state index in [1.54, 1.807) is 6.07 Å². The molecule has 0 heterocycles. The average Bonchev–Trinajstić information content (AvgIpc) is 2.38. The van der Waals surface area contributed by atoms with Crippen molar-refractivity contribution in [1.82, 2.24) is 5.32 Å². The summed E-state index contributed by atoms with van der Waals surface area (Å²) in [6.45, 7) is 4.11. The summed E-state index contributed by atoms with van der Waals surface area (Å²) in [5.74, 6) is -0.152. The maximum absolute atomic E-state index is 12.0. The molecule has 0 aliphatic carbocycles. The third-order valence-corrected chi connectivity index (χ3v) is 4.50. The van der Waals surface area contributed by atoms with E-state index < -0.39 is 5.60 Å². The van der Waals surface area contributed by atoms with Crippen molar-refractivity contribution < 1.29 is 9.90 Å². The molecule has 0 radical (unpaired) electrons. The second-order valence-electron chi connectivity index (χ2n) is 4.24. The predicted molar refractivity (Wildman–Crippen MR) is 84.7 cm³/mol. The van der Waals surface area contributed by atoms with Crippen LogP contribution in [0.3, 0.4) is 0 Å². The van der Waals surface area contributed by atoms with E-state index >= 15 is 0 Å². The van der Waals surface area contributed by atoms with Crippen LogP contribution in [0.25, 0.3) is 0 Å². The lowest BCUT2D eigenvalue weighted by atomic mass is 9.97. The molecule has 1 amide bonds. The molecule has 1 rings (SSSR count). The molecule has 5 heteroatoms. The smallest absolute Gasteiger partial charge is 0.252 e. The Balaban J connectivity index is 2.74. The highest BCUT2D eigenvalue weighted by Crippen LogP contribution is 2.19. The van der Waals surface area contributed by atoms with E-state index in [-0.39, 0.29) is 12.5 Å². The minimum absolute atomic E-state index is 0.152. The van der Waals surface area contributed by atoms with Gasteiger partial charge in [-0.2, -0.15) is 0 Å². The van der Waals surface area contributed by atoms with Crippen molar-refractivity contribution in [1.29, 1.82) is 0 Å². The number of hydrogen-bond acceptors (Lipinski definition) is 2. The van der Waals surface area contributed by atoms with Gasteiger partial charge in [0.25, 0.3) is 5.91 Å². The van der Waals surface area contributed by atoms with Crippen LogP contribution < -0.4 is 5.32 Å². The molecule has 0 bridgehead atoms. The molecule has 0 atom stereocenters. The molecule has 1 aromatic carbocycles. The van der Waals surface area contributed by atoms with Gasteiger partial charge in [-0.3, -0.25) is 4.79 Å². The van der Waals surface area contributed by atoms with Gasteiger partial charge in [-0.1, -0.05) is 29.8 Å². The van der Waals surface area contributed by atoms with Gasteiger partial charge in [-0.25, -0.2) is 0 Å². The summed E-state index contributed by atoms with van der Waals surface area (Å²) in [6.07, 6.45) is 1.25. The molecule has 100 valence electrons. The zero-order chi connectivity index (χ0) is 13.8. The maximum atomic E-state index is 12.0. The molecule has 18 heavy (non-hydrogen) atoms. The molecule has 1 aromatic rings. The van der Waals surface area contributed by atoms with E-state index in [0.29, 0.717) is 18.4 Å². The highest BCUT2D eigenvalue weighted by molar-refractivity contribution is 14.1. The van der Waals surface area contributed by atoms with Gasteiger partial charge in [-0.15, -0.1) is 0 Å². The van der Waals surface area contributed by atoms with E-state index in [2.05, 4.69) is 43.8 Å². The topological polar surface area (TPSA) is 49.3 Å². The number of benzene rings is 1. The van der Waals surface area contributed by atoms with E-state index in [0.717, 1.165) is 8.04 Å². The zero-order valence-electron chi connectivity index (χ0n) is 10.5. The summed E-state index contributed by atoms with van der Waals surface area (Å²) in [6, 6.07) is 5.56. The third kappa shape index (κ3) is 4.20. The highest BCUT2D eigenvalue weighted by atomic mass is 127. The normalized spacial score (nSPS) is 11.4. The van der Waals surface area contributed by atoms with Gasteiger partial charge in [0.2, 0.25) is 0 Å². The Hall–Kier alpha value is -0.140. The Morgan fingerprint density at radius 1 is 1.44 bits per heavy atom. The van der Waals surface area contributed by atoms with Crippen LogP contribution in [0.2, 0.25) is 0 Å². The predicted octanol–water partition coefficient (Wildman–Crippen LogP) is 3.33. The average molecular weight is 426 g/mol. The van der Waals surface area contributed by atoms with Crippen LogP contribution in [0.5, 0.6) is 0 Å². The van der Waals surface area contributed by atoms with Crippen LogP contribution in [-0.4, -0.2) is 23.2 Å². The Kier molecular flexibility index (Phi) is 6.07. The fourth-order valence-electron chi connectivity index (χ4n) is 1.51. The monoisotopic (exact) mass is 425 g/mol. The molecular formula is C13H17BrINO2.